The Morgan fingerprint density at radius 1 is 1.57 bits per heavy atom. The van der Waals surface area contributed by atoms with Crippen molar-refractivity contribution in [1.82, 2.24) is 0 Å². The maximum atomic E-state index is 13.0. The van der Waals surface area contributed by atoms with E-state index in [1.54, 1.807) is 19.1 Å². The van der Waals surface area contributed by atoms with Crippen LogP contribution in [0, 0.1) is 5.82 Å². The maximum absolute atomic E-state index is 13.0. The van der Waals surface area contributed by atoms with Gasteiger partial charge in [0, 0.05) is 0 Å². The minimum Gasteiger partial charge on any atom is -0.381 e. The van der Waals surface area contributed by atoms with E-state index in [2.05, 4.69) is 6.58 Å². The second-order valence-electron chi connectivity index (χ2n) is 3.50. The summed E-state index contributed by atoms with van der Waals surface area (Å²) in [5, 5.41) is 10.2. The lowest BCUT2D eigenvalue weighted by molar-refractivity contribution is 0.0722. The van der Waals surface area contributed by atoms with Gasteiger partial charge in [0.1, 0.15) is 11.4 Å². The van der Waals surface area contributed by atoms with Crippen LogP contribution in [0.25, 0.3) is 0 Å². The molecule has 0 aliphatic carbocycles. The average Bonchev–Trinajstić information content (AvgIpc) is 2.16. The Balaban J connectivity index is 3.19. The molecule has 0 amide bonds. The molecule has 0 saturated carbocycles. The lowest BCUT2D eigenvalue weighted by atomic mass is 9.85. The van der Waals surface area contributed by atoms with Crippen molar-refractivity contribution in [2.45, 2.75) is 25.9 Å². The van der Waals surface area contributed by atoms with Gasteiger partial charge in [0.2, 0.25) is 0 Å². The molecule has 0 spiro atoms. The largest absolute Gasteiger partial charge is 0.381 e. The Morgan fingerprint density at radius 3 is 2.64 bits per heavy atom. The van der Waals surface area contributed by atoms with Gasteiger partial charge in [0.15, 0.2) is 0 Å². The van der Waals surface area contributed by atoms with E-state index in [-0.39, 0.29) is 5.82 Å². The van der Waals surface area contributed by atoms with Crippen molar-refractivity contribution in [3.05, 3.63) is 47.8 Å². The van der Waals surface area contributed by atoms with E-state index in [1.165, 1.54) is 12.1 Å². The summed E-state index contributed by atoms with van der Waals surface area (Å²) in [5.74, 6) is -0.337. The third-order valence-corrected chi connectivity index (χ3v) is 2.52. The summed E-state index contributed by atoms with van der Waals surface area (Å²) in [7, 11) is 0. The van der Waals surface area contributed by atoms with Crippen molar-refractivity contribution in [2.24, 2.45) is 0 Å². The molecule has 0 fully saturated rings. The molecular weight excluding hydrogens is 179 g/mol. The average molecular weight is 194 g/mol. The number of rotatable bonds is 3. The molecule has 1 unspecified atom stereocenters. The SMILES string of the molecule is C=C(C)C(O)(CC)c1cccc(F)c1. The Labute approximate surface area is 83.9 Å². The van der Waals surface area contributed by atoms with Crippen molar-refractivity contribution >= 4 is 0 Å². The van der Waals surface area contributed by atoms with Crippen molar-refractivity contribution in [3.63, 3.8) is 0 Å². The molecule has 0 radical (unpaired) electrons. The molecule has 2 heteroatoms. The quantitative estimate of drug-likeness (QED) is 0.733. The highest BCUT2D eigenvalue weighted by molar-refractivity contribution is 5.30. The van der Waals surface area contributed by atoms with Crippen molar-refractivity contribution in [1.29, 1.82) is 0 Å². The zero-order chi connectivity index (χ0) is 10.8. The van der Waals surface area contributed by atoms with Gasteiger partial charge in [-0.05, 0) is 36.6 Å². The van der Waals surface area contributed by atoms with Gasteiger partial charge in [-0.15, -0.1) is 0 Å². The minimum absolute atomic E-state index is 0.337. The van der Waals surface area contributed by atoms with E-state index >= 15 is 0 Å². The second kappa shape index (κ2) is 3.93. The van der Waals surface area contributed by atoms with E-state index in [0.29, 0.717) is 17.6 Å². The highest BCUT2D eigenvalue weighted by atomic mass is 19.1. The van der Waals surface area contributed by atoms with Crippen molar-refractivity contribution in [2.75, 3.05) is 0 Å². The highest BCUT2D eigenvalue weighted by Crippen LogP contribution is 2.31. The first-order chi connectivity index (χ1) is 6.50. The van der Waals surface area contributed by atoms with Crippen LogP contribution in [0.2, 0.25) is 0 Å². The smallest absolute Gasteiger partial charge is 0.123 e. The summed E-state index contributed by atoms with van der Waals surface area (Å²) in [6, 6.07) is 6.01. The van der Waals surface area contributed by atoms with Crippen LogP contribution < -0.4 is 0 Å². The molecule has 1 aromatic carbocycles. The van der Waals surface area contributed by atoms with Crippen LogP contribution in [-0.4, -0.2) is 5.11 Å². The van der Waals surface area contributed by atoms with Gasteiger partial charge in [0.25, 0.3) is 0 Å². The molecule has 0 heterocycles. The standard InChI is InChI=1S/C12H15FO/c1-4-12(14,9(2)3)10-6-5-7-11(13)8-10/h5-8,14H,2,4H2,1,3H3. The normalized spacial score (nSPS) is 14.9. The third-order valence-electron chi connectivity index (χ3n) is 2.52. The van der Waals surface area contributed by atoms with Crippen LogP contribution in [-0.2, 0) is 5.60 Å². The lowest BCUT2D eigenvalue weighted by Gasteiger charge is -2.27. The van der Waals surface area contributed by atoms with E-state index in [0.717, 1.165) is 0 Å². The van der Waals surface area contributed by atoms with E-state index in [1.807, 2.05) is 6.92 Å². The highest BCUT2D eigenvalue weighted by Gasteiger charge is 2.28. The van der Waals surface area contributed by atoms with Gasteiger partial charge in [0.05, 0.1) is 0 Å². The number of hydrogen-bond acceptors (Lipinski definition) is 1. The molecule has 0 aliphatic heterocycles. The minimum atomic E-state index is -1.11. The van der Waals surface area contributed by atoms with Crippen LogP contribution in [0.3, 0.4) is 0 Å². The van der Waals surface area contributed by atoms with Gasteiger partial charge >= 0.3 is 0 Å². The molecule has 1 aromatic rings. The number of benzene rings is 1. The first kappa shape index (κ1) is 10.9. The van der Waals surface area contributed by atoms with Gasteiger partial charge in [-0.1, -0.05) is 25.6 Å². The van der Waals surface area contributed by atoms with Gasteiger partial charge in [-0.2, -0.15) is 0 Å². The Kier molecular flexibility index (Phi) is 3.06. The van der Waals surface area contributed by atoms with Crippen LogP contribution in [0.15, 0.2) is 36.4 Å². The van der Waals surface area contributed by atoms with E-state index < -0.39 is 5.60 Å². The number of aliphatic hydroxyl groups is 1. The molecule has 0 aromatic heterocycles. The molecule has 1 N–H and O–H groups in total. The van der Waals surface area contributed by atoms with Gasteiger partial charge < -0.3 is 5.11 Å². The molecule has 0 saturated heterocycles. The van der Waals surface area contributed by atoms with Gasteiger partial charge in [-0.25, -0.2) is 4.39 Å². The molecular formula is C12H15FO. The van der Waals surface area contributed by atoms with Crippen molar-refractivity contribution < 1.29 is 9.50 Å². The lowest BCUT2D eigenvalue weighted by Crippen LogP contribution is -2.25. The van der Waals surface area contributed by atoms with Crippen molar-refractivity contribution in [3.8, 4) is 0 Å². The van der Waals surface area contributed by atoms with Crippen LogP contribution >= 0.6 is 0 Å². The van der Waals surface area contributed by atoms with Gasteiger partial charge in [-0.3, -0.25) is 0 Å². The first-order valence-electron chi connectivity index (χ1n) is 4.65. The summed E-state index contributed by atoms with van der Waals surface area (Å²) >= 11 is 0. The van der Waals surface area contributed by atoms with E-state index in [4.69, 9.17) is 0 Å². The van der Waals surface area contributed by atoms with Crippen LogP contribution in [0.1, 0.15) is 25.8 Å². The number of halogens is 1. The summed E-state index contributed by atoms with van der Waals surface area (Å²) in [5.41, 5.74) is 0.0837. The number of hydrogen-bond donors (Lipinski definition) is 1. The topological polar surface area (TPSA) is 20.2 Å². The van der Waals surface area contributed by atoms with Crippen LogP contribution in [0.4, 0.5) is 4.39 Å². The summed E-state index contributed by atoms with van der Waals surface area (Å²) < 4.78 is 13.0. The zero-order valence-electron chi connectivity index (χ0n) is 8.55. The molecule has 1 rings (SSSR count). The first-order valence-corrected chi connectivity index (χ1v) is 4.65. The Bertz CT molecular complexity index is 346. The Morgan fingerprint density at radius 2 is 2.21 bits per heavy atom. The molecule has 14 heavy (non-hydrogen) atoms. The maximum Gasteiger partial charge on any atom is 0.123 e. The summed E-state index contributed by atoms with van der Waals surface area (Å²) in [6.07, 6.45) is 0.492. The van der Waals surface area contributed by atoms with Crippen LogP contribution in [0.5, 0.6) is 0 Å². The fourth-order valence-electron chi connectivity index (χ4n) is 1.50. The predicted molar refractivity (Wildman–Crippen MR) is 55.4 cm³/mol. The molecule has 0 bridgehead atoms. The molecule has 1 atom stereocenters. The predicted octanol–water partition coefficient (Wildman–Crippen LogP) is 3.00. The summed E-state index contributed by atoms with van der Waals surface area (Å²) in [4.78, 5) is 0. The second-order valence-corrected chi connectivity index (χ2v) is 3.50. The fraction of sp³-hybridized carbons (Fsp3) is 0.333. The monoisotopic (exact) mass is 194 g/mol. The third kappa shape index (κ3) is 1.85. The molecule has 0 aliphatic rings. The fourth-order valence-corrected chi connectivity index (χ4v) is 1.50. The molecule has 76 valence electrons. The zero-order valence-corrected chi connectivity index (χ0v) is 8.55. The molecule has 1 nitrogen and oxygen atoms in total. The van der Waals surface area contributed by atoms with E-state index in [9.17, 15) is 9.50 Å². The summed E-state index contributed by atoms with van der Waals surface area (Å²) in [6.45, 7) is 7.32. The Hall–Kier alpha value is -1.15.